The van der Waals surface area contributed by atoms with Crippen LogP contribution < -0.4 is 5.32 Å². The molecule has 0 saturated heterocycles. The van der Waals surface area contributed by atoms with Gasteiger partial charge in [0.1, 0.15) is 12.6 Å². The number of ether oxygens (including phenoxy) is 1. The maximum atomic E-state index is 11.7. The first-order valence-corrected chi connectivity index (χ1v) is 6.67. The van der Waals surface area contributed by atoms with E-state index in [1.165, 1.54) is 6.42 Å². The Labute approximate surface area is 108 Å². The van der Waals surface area contributed by atoms with Crippen molar-refractivity contribution in [3.8, 4) is 0 Å². The van der Waals surface area contributed by atoms with Crippen molar-refractivity contribution in [2.24, 2.45) is 5.92 Å². The molecular formula is C13H23NO4. The van der Waals surface area contributed by atoms with Gasteiger partial charge in [0.05, 0.1) is 6.10 Å². The van der Waals surface area contributed by atoms with Gasteiger partial charge in [0.2, 0.25) is 5.91 Å². The third-order valence-corrected chi connectivity index (χ3v) is 3.32. The molecule has 0 aliphatic heterocycles. The molecule has 0 radical (unpaired) electrons. The van der Waals surface area contributed by atoms with E-state index in [0.717, 1.165) is 19.3 Å². The van der Waals surface area contributed by atoms with Crippen LogP contribution in [-0.4, -0.2) is 35.7 Å². The van der Waals surface area contributed by atoms with Gasteiger partial charge in [-0.1, -0.05) is 26.7 Å². The second-order valence-corrected chi connectivity index (χ2v) is 5.04. The van der Waals surface area contributed by atoms with Crippen molar-refractivity contribution in [3.63, 3.8) is 0 Å². The van der Waals surface area contributed by atoms with E-state index < -0.39 is 12.1 Å². The number of aliphatic carboxylic acids is 1. The van der Waals surface area contributed by atoms with E-state index in [0.29, 0.717) is 12.3 Å². The van der Waals surface area contributed by atoms with Crippen LogP contribution in [0.2, 0.25) is 0 Å². The van der Waals surface area contributed by atoms with Gasteiger partial charge in [-0.05, 0) is 25.2 Å². The highest BCUT2D eigenvalue weighted by Gasteiger charge is 2.25. The van der Waals surface area contributed by atoms with Crippen molar-refractivity contribution in [1.82, 2.24) is 5.32 Å². The molecule has 3 unspecified atom stereocenters. The molecule has 0 spiro atoms. The molecule has 0 aromatic heterocycles. The van der Waals surface area contributed by atoms with E-state index >= 15 is 0 Å². The van der Waals surface area contributed by atoms with Gasteiger partial charge in [-0.15, -0.1) is 0 Å². The lowest BCUT2D eigenvalue weighted by molar-refractivity contribution is -0.143. The minimum atomic E-state index is -1.04. The quantitative estimate of drug-likeness (QED) is 0.757. The average molecular weight is 257 g/mol. The minimum absolute atomic E-state index is 0.134. The number of rotatable bonds is 6. The summed E-state index contributed by atoms with van der Waals surface area (Å²) in [5, 5.41) is 10.9. The van der Waals surface area contributed by atoms with Crippen LogP contribution in [0.15, 0.2) is 0 Å². The van der Waals surface area contributed by atoms with E-state index in [1.807, 2.05) is 6.92 Å². The summed E-state index contributed by atoms with van der Waals surface area (Å²) < 4.78 is 5.80. The van der Waals surface area contributed by atoms with Gasteiger partial charge >= 0.3 is 5.97 Å². The lowest BCUT2D eigenvalue weighted by Gasteiger charge is -2.29. The van der Waals surface area contributed by atoms with Crippen molar-refractivity contribution in [2.75, 3.05) is 6.54 Å². The molecule has 1 aliphatic carbocycles. The topological polar surface area (TPSA) is 75.6 Å². The summed E-state index contributed by atoms with van der Waals surface area (Å²) in [6.45, 7) is 3.72. The normalized spacial score (nSPS) is 25.4. The summed E-state index contributed by atoms with van der Waals surface area (Å²) in [5.74, 6) is -0.717. The van der Waals surface area contributed by atoms with Crippen molar-refractivity contribution < 1.29 is 19.4 Å². The maximum absolute atomic E-state index is 11.7. The fourth-order valence-corrected chi connectivity index (χ4v) is 2.35. The molecule has 104 valence electrons. The molecule has 2 N–H and O–H groups in total. The highest BCUT2D eigenvalue weighted by molar-refractivity contribution is 5.84. The first-order chi connectivity index (χ1) is 8.52. The Hall–Kier alpha value is -1.10. The number of carbonyl (C=O) groups excluding carboxylic acids is 1. The molecule has 1 rings (SSSR count). The van der Waals surface area contributed by atoms with Crippen LogP contribution in [0.5, 0.6) is 0 Å². The number of carboxylic acid groups (broad SMARTS) is 1. The SMILES string of the molecule is CCC(OC1CCCC(C)C1)C(=O)NCC(=O)O. The van der Waals surface area contributed by atoms with Gasteiger partial charge in [-0.3, -0.25) is 9.59 Å². The summed E-state index contributed by atoms with van der Waals surface area (Å²) in [7, 11) is 0. The summed E-state index contributed by atoms with van der Waals surface area (Å²) in [4.78, 5) is 22.1. The molecular weight excluding hydrogens is 234 g/mol. The number of hydrogen-bond donors (Lipinski definition) is 2. The lowest BCUT2D eigenvalue weighted by Crippen LogP contribution is -2.41. The summed E-state index contributed by atoms with van der Waals surface area (Å²) >= 11 is 0. The van der Waals surface area contributed by atoms with Crippen molar-refractivity contribution in [1.29, 1.82) is 0 Å². The molecule has 0 bridgehead atoms. The Morgan fingerprint density at radius 1 is 1.44 bits per heavy atom. The molecule has 1 fully saturated rings. The van der Waals surface area contributed by atoms with Crippen molar-refractivity contribution in [3.05, 3.63) is 0 Å². The Kier molecular flexibility index (Phi) is 6.12. The number of carboxylic acids is 1. The zero-order chi connectivity index (χ0) is 13.5. The van der Waals surface area contributed by atoms with Crippen LogP contribution >= 0.6 is 0 Å². The average Bonchev–Trinajstić information content (AvgIpc) is 2.33. The predicted molar refractivity (Wildman–Crippen MR) is 67.2 cm³/mol. The highest BCUT2D eigenvalue weighted by Crippen LogP contribution is 2.26. The lowest BCUT2D eigenvalue weighted by atomic mass is 9.88. The van der Waals surface area contributed by atoms with E-state index in [1.54, 1.807) is 0 Å². The van der Waals surface area contributed by atoms with Gasteiger partial charge in [0.25, 0.3) is 0 Å². The molecule has 5 nitrogen and oxygen atoms in total. The molecule has 5 heteroatoms. The first-order valence-electron chi connectivity index (χ1n) is 6.67. The van der Waals surface area contributed by atoms with Crippen LogP contribution in [0.4, 0.5) is 0 Å². The molecule has 1 saturated carbocycles. The largest absolute Gasteiger partial charge is 0.480 e. The summed E-state index contributed by atoms with van der Waals surface area (Å²) in [6.07, 6.45) is 4.52. The monoisotopic (exact) mass is 257 g/mol. The number of hydrogen-bond acceptors (Lipinski definition) is 3. The van der Waals surface area contributed by atoms with E-state index in [9.17, 15) is 9.59 Å². The summed E-state index contributed by atoms with van der Waals surface area (Å²) in [6, 6.07) is 0. The van der Waals surface area contributed by atoms with E-state index in [2.05, 4.69) is 12.2 Å². The molecule has 0 heterocycles. The van der Waals surface area contributed by atoms with Crippen molar-refractivity contribution in [2.45, 2.75) is 58.2 Å². The van der Waals surface area contributed by atoms with E-state index in [-0.39, 0.29) is 18.6 Å². The molecule has 0 aromatic carbocycles. The molecule has 0 aromatic rings. The zero-order valence-electron chi connectivity index (χ0n) is 11.1. The second kappa shape index (κ2) is 7.36. The molecule has 18 heavy (non-hydrogen) atoms. The van der Waals surface area contributed by atoms with Crippen LogP contribution in [0.3, 0.4) is 0 Å². The third kappa shape index (κ3) is 5.04. The predicted octanol–water partition coefficient (Wildman–Crippen LogP) is 1.56. The van der Waals surface area contributed by atoms with Gasteiger partial charge in [-0.25, -0.2) is 0 Å². The maximum Gasteiger partial charge on any atom is 0.322 e. The van der Waals surface area contributed by atoms with Gasteiger partial charge in [0.15, 0.2) is 0 Å². The fraction of sp³-hybridized carbons (Fsp3) is 0.846. The zero-order valence-corrected chi connectivity index (χ0v) is 11.1. The first kappa shape index (κ1) is 15.0. The Bertz CT molecular complexity index is 293. The molecule has 1 amide bonds. The standard InChI is InChI=1S/C13H23NO4/c1-3-11(13(17)14-8-12(15)16)18-10-6-4-5-9(2)7-10/h9-11H,3-8H2,1-2H3,(H,14,17)(H,15,16). The molecule has 1 aliphatic rings. The molecule has 3 atom stereocenters. The van der Waals surface area contributed by atoms with Gasteiger partial charge in [0, 0.05) is 0 Å². The number of nitrogens with one attached hydrogen (secondary N) is 1. The Balaban J connectivity index is 2.40. The van der Waals surface area contributed by atoms with Crippen molar-refractivity contribution >= 4 is 11.9 Å². The third-order valence-electron chi connectivity index (χ3n) is 3.32. The van der Waals surface area contributed by atoms with Crippen LogP contribution in [0.1, 0.15) is 46.0 Å². The number of carbonyl (C=O) groups is 2. The van der Waals surface area contributed by atoms with Gasteiger partial charge < -0.3 is 15.2 Å². The van der Waals surface area contributed by atoms with Crippen LogP contribution in [0.25, 0.3) is 0 Å². The highest BCUT2D eigenvalue weighted by atomic mass is 16.5. The smallest absolute Gasteiger partial charge is 0.322 e. The number of amides is 1. The van der Waals surface area contributed by atoms with Gasteiger partial charge in [-0.2, -0.15) is 0 Å². The van der Waals surface area contributed by atoms with E-state index in [4.69, 9.17) is 9.84 Å². The van der Waals surface area contributed by atoms with Crippen LogP contribution in [0, 0.1) is 5.92 Å². The minimum Gasteiger partial charge on any atom is -0.480 e. The van der Waals surface area contributed by atoms with Crippen LogP contribution in [-0.2, 0) is 14.3 Å². The Morgan fingerprint density at radius 3 is 2.72 bits per heavy atom. The fourth-order valence-electron chi connectivity index (χ4n) is 2.35. The Morgan fingerprint density at radius 2 is 2.17 bits per heavy atom. The summed E-state index contributed by atoms with van der Waals surface area (Å²) in [5.41, 5.74) is 0. The second-order valence-electron chi connectivity index (χ2n) is 5.04.